The van der Waals surface area contributed by atoms with E-state index in [1.54, 1.807) is 37.3 Å². The van der Waals surface area contributed by atoms with Crippen LogP contribution < -0.4 is 0 Å². The van der Waals surface area contributed by atoms with Crippen LogP contribution in [0.15, 0.2) is 78.0 Å². The molecule has 2 aromatic carbocycles. The number of allylic oxidation sites excluding steroid dienone is 3. The Bertz CT molecular complexity index is 988. The molecule has 0 aliphatic heterocycles. The largest absolute Gasteiger partial charge is 0.507 e. The summed E-state index contributed by atoms with van der Waals surface area (Å²) in [6.45, 7) is 25.6. The minimum atomic E-state index is -0.780. The highest BCUT2D eigenvalue weighted by Crippen LogP contribution is 2.28. The number of unbranched alkanes of at least 4 members (excludes halogenated alkanes) is 2. The Labute approximate surface area is 244 Å². The Morgan fingerprint density at radius 2 is 1.38 bits per heavy atom. The highest BCUT2D eigenvalue weighted by atomic mass is 19.2. The second kappa shape index (κ2) is 27.4. The molecule has 0 aromatic heterocycles. The van der Waals surface area contributed by atoms with Crippen molar-refractivity contribution in [3.63, 3.8) is 0 Å². The molecule has 0 radical (unpaired) electrons. The minimum absolute atomic E-state index is 0.0308. The van der Waals surface area contributed by atoms with Crippen LogP contribution in [-0.2, 0) is 6.42 Å². The summed E-state index contributed by atoms with van der Waals surface area (Å²) < 4.78 is 24.7. The molecule has 2 rings (SSSR count). The molecule has 0 atom stereocenters. The van der Waals surface area contributed by atoms with Crippen molar-refractivity contribution in [3.05, 3.63) is 95.7 Å². The first-order valence-corrected chi connectivity index (χ1v) is 14.4. The van der Waals surface area contributed by atoms with E-state index in [1.807, 2.05) is 26.8 Å². The van der Waals surface area contributed by atoms with E-state index in [1.165, 1.54) is 31.7 Å². The van der Waals surface area contributed by atoms with Crippen LogP contribution in [0.25, 0.3) is 0 Å². The fraction of sp³-hybridized carbons (Fsp3) is 0.457. The van der Waals surface area contributed by atoms with E-state index in [0.717, 1.165) is 42.2 Å². The van der Waals surface area contributed by atoms with Crippen molar-refractivity contribution < 1.29 is 19.0 Å². The summed E-state index contributed by atoms with van der Waals surface area (Å²) in [6.07, 6.45) is 11.3. The molecule has 2 aromatic rings. The Kier molecular flexibility index (Phi) is 28.2. The van der Waals surface area contributed by atoms with Crippen molar-refractivity contribution in [2.45, 2.75) is 107 Å². The number of hydrogen-bond donors (Lipinski definition) is 2. The van der Waals surface area contributed by atoms with Crippen LogP contribution in [0.3, 0.4) is 0 Å². The van der Waals surface area contributed by atoms with E-state index in [4.69, 9.17) is 0 Å². The fourth-order valence-corrected chi connectivity index (χ4v) is 2.96. The van der Waals surface area contributed by atoms with Crippen molar-refractivity contribution in [1.82, 2.24) is 0 Å². The zero-order valence-corrected chi connectivity index (χ0v) is 26.6. The van der Waals surface area contributed by atoms with Crippen LogP contribution in [0.5, 0.6) is 11.5 Å². The molecule has 0 aliphatic rings. The Morgan fingerprint density at radius 1 is 0.875 bits per heavy atom. The molecule has 5 heteroatoms. The zero-order chi connectivity index (χ0) is 31.5. The van der Waals surface area contributed by atoms with Crippen molar-refractivity contribution in [1.29, 1.82) is 0 Å². The monoisotopic (exact) mass is 559 g/mol. The number of aryl methyl sites for hydroxylation is 1. The Morgan fingerprint density at radius 3 is 1.77 bits per heavy atom. The Hall–Kier alpha value is -3.21. The van der Waals surface area contributed by atoms with E-state index in [9.17, 15) is 19.0 Å². The second-order valence-corrected chi connectivity index (χ2v) is 9.03. The van der Waals surface area contributed by atoms with E-state index < -0.39 is 11.6 Å². The van der Waals surface area contributed by atoms with Gasteiger partial charge in [0, 0.05) is 0 Å². The number of aromatic hydroxyl groups is 2. The summed E-state index contributed by atoms with van der Waals surface area (Å²) in [4.78, 5) is 4.52. The summed E-state index contributed by atoms with van der Waals surface area (Å²) in [5, 5.41) is 19.8. The molecule has 0 fully saturated rings. The van der Waals surface area contributed by atoms with Gasteiger partial charge in [0.2, 0.25) is 0 Å². The molecular weight excluding hydrogens is 504 g/mol. The zero-order valence-electron chi connectivity index (χ0n) is 26.6. The molecule has 0 amide bonds. The van der Waals surface area contributed by atoms with Crippen LogP contribution in [0, 0.1) is 11.6 Å². The molecule has 0 bridgehead atoms. The lowest BCUT2D eigenvalue weighted by Crippen LogP contribution is -1.98. The number of halogens is 2. The van der Waals surface area contributed by atoms with Crippen LogP contribution in [0.4, 0.5) is 8.78 Å². The van der Waals surface area contributed by atoms with E-state index in [2.05, 4.69) is 52.8 Å². The maximum absolute atomic E-state index is 12.4. The lowest BCUT2D eigenvalue weighted by atomic mass is 10.0. The van der Waals surface area contributed by atoms with Crippen molar-refractivity contribution >= 4 is 5.71 Å². The second-order valence-electron chi connectivity index (χ2n) is 9.03. The summed E-state index contributed by atoms with van der Waals surface area (Å²) in [5.74, 6) is -1.48. The van der Waals surface area contributed by atoms with E-state index in [0.29, 0.717) is 11.3 Å². The van der Waals surface area contributed by atoms with Gasteiger partial charge in [-0.3, -0.25) is 4.99 Å². The molecule has 0 heterocycles. The molecule has 0 aliphatic carbocycles. The van der Waals surface area contributed by atoms with Crippen LogP contribution in [-0.4, -0.2) is 15.9 Å². The average Bonchev–Trinajstić information content (AvgIpc) is 2.90. The van der Waals surface area contributed by atoms with Gasteiger partial charge in [0.25, 0.3) is 0 Å². The molecule has 0 saturated heterocycles. The molecule has 0 unspecified atom stereocenters. The molecular formula is C35H55F2NO2. The average molecular weight is 560 g/mol. The maximum atomic E-state index is 12.4. The van der Waals surface area contributed by atoms with Gasteiger partial charge in [-0.1, -0.05) is 98.1 Å². The number of benzene rings is 2. The first-order valence-electron chi connectivity index (χ1n) is 14.4. The number of aliphatic imine (C=N–C) groups is 1. The Balaban J connectivity index is -0.000000592. The van der Waals surface area contributed by atoms with Crippen LogP contribution in [0.2, 0.25) is 0 Å². The van der Waals surface area contributed by atoms with Gasteiger partial charge < -0.3 is 10.2 Å². The van der Waals surface area contributed by atoms with Crippen molar-refractivity contribution in [2.75, 3.05) is 0 Å². The van der Waals surface area contributed by atoms with Gasteiger partial charge in [-0.15, -0.1) is 6.58 Å². The maximum Gasteiger partial charge on any atom is 0.159 e. The molecule has 226 valence electrons. The standard InChI is InChI=1S/C18H25NO2.C8H8F2.2C3H8.C3H6/c1-5-7-8-10-13(3)15(6-2)19-14(4)18-16(20)11-9-12-17(18)21;1-2-6-3-4-7(9)8(10)5-6;3*1-3-2/h6,9,11-12,20-21H,3,5,7-8,10H2,1-2,4H3;3-5H,2H2,1H3;2*3H2,1-2H3;3H,1H2,2H3/b15-6+,19-14?;;;;. The first kappa shape index (κ1) is 41.3. The van der Waals surface area contributed by atoms with Gasteiger partial charge in [-0.2, -0.15) is 0 Å². The minimum Gasteiger partial charge on any atom is -0.507 e. The van der Waals surface area contributed by atoms with E-state index >= 15 is 0 Å². The van der Waals surface area contributed by atoms with Gasteiger partial charge in [0.05, 0.1) is 17.0 Å². The van der Waals surface area contributed by atoms with Crippen molar-refractivity contribution in [3.8, 4) is 11.5 Å². The molecule has 3 nitrogen and oxygen atoms in total. The van der Waals surface area contributed by atoms with Gasteiger partial charge in [0.1, 0.15) is 11.5 Å². The predicted octanol–water partition coefficient (Wildman–Crippen LogP) is 11.5. The van der Waals surface area contributed by atoms with Gasteiger partial charge in [-0.25, -0.2) is 8.78 Å². The first-order chi connectivity index (χ1) is 19.0. The van der Waals surface area contributed by atoms with Gasteiger partial charge >= 0.3 is 0 Å². The number of nitrogens with zero attached hydrogens (tertiary/aromatic N) is 1. The van der Waals surface area contributed by atoms with Gasteiger partial charge in [0.15, 0.2) is 11.6 Å². The highest BCUT2D eigenvalue weighted by Gasteiger charge is 2.11. The number of phenols is 2. The van der Waals surface area contributed by atoms with Crippen LogP contribution >= 0.6 is 0 Å². The lowest BCUT2D eigenvalue weighted by molar-refractivity contribution is 0.448. The summed E-state index contributed by atoms with van der Waals surface area (Å²) in [7, 11) is 0. The molecule has 40 heavy (non-hydrogen) atoms. The normalized spacial score (nSPS) is 10.3. The SMILES string of the molecule is C=C(CCCCC)/C(=C\C)N=C(C)c1c(O)cccc1O.C=CC.CCC.CCC.CCc1ccc(F)c(F)c1. The molecule has 0 saturated carbocycles. The molecule has 0 spiro atoms. The third kappa shape index (κ3) is 19.8. The third-order valence-corrected chi connectivity index (χ3v) is 4.78. The number of rotatable bonds is 8. The number of phenolic OH excluding ortho intramolecular Hbond substituents is 2. The predicted molar refractivity (Wildman–Crippen MR) is 173 cm³/mol. The lowest BCUT2D eigenvalue weighted by Gasteiger charge is -2.10. The third-order valence-electron chi connectivity index (χ3n) is 4.78. The number of hydrogen-bond acceptors (Lipinski definition) is 3. The smallest absolute Gasteiger partial charge is 0.159 e. The summed E-state index contributed by atoms with van der Waals surface area (Å²) in [5.41, 5.74) is 3.57. The molecule has 2 N–H and O–H groups in total. The highest BCUT2D eigenvalue weighted by molar-refractivity contribution is 6.04. The van der Waals surface area contributed by atoms with Gasteiger partial charge in [-0.05, 0) is 75.4 Å². The quantitative estimate of drug-likeness (QED) is 0.146. The summed E-state index contributed by atoms with van der Waals surface area (Å²) >= 11 is 0. The topological polar surface area (TPSA) is 52.8 Å². The fourth-order valence-electron chi connectivity index (χ4n) is 2.96. The van der Waals surface area contributed by atoms with E-state index in [-0.39, 0.29) is 11.5 Å². The summed E-state index contributed by atoms with van der Waals surface area (Å²) in [6, 6.07) is 8.63. The van der Waals surface area contributed by atoms with Crippen molar-refractivity contribution in [2.24, 2.45) is 4.99 Å². The van der Waals surface area contributed by atoms with Crippen LogP contribution in [0.1, 0.15) is 112 Å².